The van der Waals surface area contributed by atoms with Gasteiger partial charge >= 0.3 is 0 Å². The number of nitrogens with zero attached hydrogens (tertiary/aromatic N) is 5. The molecule has 5 rings (SSSR count). The van der Waals surface area contributed by atoms with Crippen LogP contribution in [0.25, 0.3) is 11.3 Å². The molecule has 160 valence electrons. The third-order valence-corrected chi connectivity index (χ3v) is 5.75. The summed E-state index contributed by atoms with van der Waals surface area (Å²) in [6, 6.07) is 20.3. The highest BCUT2D eigenvalue weighted by Crippen LogP contribution is 2.29. The highest BCUT2D eigenvalue weighted by atomic mass is 15.1. The zero-order chi connectivity index (χ0) is 21.6. The topological polar surface area (TPSA) is 66.8 Å². The zero-order valence-corrected chi connectivity index (χ0v) is 17.9. The first-order valence-corrected chi connectivity index (χ1v) is 11.1. The summed E-state index contributed by atoms with van der Waals surface area (Å²) >= 11 is 0. The summed E-state index contributed by atoms with van der Waals surface area (Å²) in [6.07, 6.45) is 9.63. The number of benzene rings is 1. The molecule has 1 aliphatic rings. The minimum atomic E-state index is 0.286. The molecule has 0 bridgehead atoms. The molecule has 0 aliphatic carbocycles. The van der Waals surface area contributed by atoms with Crippen molar-refractivity contribution in [3.63, 3.8) is 0 Å². The minimum absolute atomic E-state index is 0.286. The number of rotatable bonds is 6. The number of hydrogen-bond donors (Lipinski definition) is 1. The van der Waals surface area contributed by atoms with Crippen LogP contribution in [0.5, 0.6) is 0 Å². The number of aromatic nitrogens is 4. The molecular weight excluding hydrogens is 396 g/mol. The first kappa shape index (κ1) is 20.3. The molecule has 6 nitrogen and oxygen atoms in total. The molecule has 0 amide bonds. The molecular formula is C26H26N6. The Morgan fingerprint density at radius 3 is 2.53 bits per heavy atom. The number of likely N-dealkylation sites (tertiary alicyclic amines) is 1. The Balaban J connectivity index is 1.43. The van der Waals surface area contributed by atoms with Crippen LogP contribution in [0, 0.1) is 0 Å². The van der Waals surface area contributed by atoms with E-state index < -0.39 is 0 Å². The lowest BCUT2D eigenvalue weighted by atomic mass is 9.96. The van der Waals surface area contributed by atoms with E-state index in [9.17, 15) is 0 Å². The van der Waals surface area contributed by atoms with Crippen molar-refractivity contribution in [1.29, 1.82) is 0 Å². The van der Waals surface area contributed by atoms with Crippen molar-refractivity contribution in [3.05, 3.63) is 96.8 Å². The average molecular weight is 423 g/mol. The number of anilines is 2. The molecule has 1 atom stereocenters. The van der Waals surface area contributed by atoms with Crippen molar-refractivity contribution in [3.8, 4) is 11.3 Å². The normalized spacial score (nSPS) is 16.6. The monoisotopic (exact) mass is 422 g/mol. The van der Waals surface area contributed by atoms with Gasteiger partial charge in [0.1, 0.15) is 11.6 Å². The summed E-state index contributed by atoms with van der Waals surface area (Å²) in [4.78, 5) is 20.9. The molecule has 0 saturated carbocycles. The van der Waals surface area contributed by atoms with Crippen molar-refractivity contribution in [2.45, 2.75) is 25.3 Å². The lowest BCUT2D eigenvalue weighted by Crippen LogP contribution is -2.34. The van der Waals surface area contributed by atoms with Gasteiger partial charge in [-0.15, -0.1) is 0 Å². The van der Waals surface area contributed by atoms with E-state index in [0.717, 1.165) is 61.1 Å². The Kier molecular flexibility index (Phi) is 6.12. The Hall–Kier alpha value is -3.64. The molecule has 32 heavy (non-hydrogen) atoms. The molecule has 4 aromatic rings. The van der Waals surface area contributed by atoms with Crippen LogP contribution in [0.1, 0.15) is 30.1 Å². The van der Waals surface area contributed by atoms with Crippen LogP contribution < -0.4 is 5.32 Å². The lowest BCUT2D eigenvalue weighted by Gasteiger charge is -2.32. The van der Waals surface area contributed by atoms with E-state index in [1.54, 1.807) is 6.20 Å². The van der Waals surface area contributed by atoms with E-state index in [0.29, 0.717) is 0 Å². The Morgan fingerprint density at radius 1 is 0.906 bits per heavy atom. The van der Waals surface area contributed by atoms with Crippen molar-refractivity contribution in [2.75, 3.05) is 18.4 Å². The van der Waals surface area contributed by atoms with Crippen LogP contribution in [0.2, 0.25) is 0 Å². The number of pyridine rings is 2. The van der Waals surface area contributed by atoms with Gasteiger partial charge in [0.15, 0.2) is 0 Å². The molecule has 1 aliphatic heterocycles. The summed E-state index contributed by atoms with van der Waals surface area (Å²) in [6.45, 7) is 2.93. The number of nitrogens with one attached hydrogen (secondary N) is 1. The van der Waals surface area contributed by atoms with E-state index >= 15 is 0 Å². The largest absolute Gasteiger partial charge is 0.340 e. The second-order valence-corrected chi connectivity index (χ2v) is 8.16. The van der Waals surface area contributed by atoms with Gasteiger partial charge in [-0.3, -0.25) is 14.9 Å². The van der Waals surface area contributed by atoms with Crippen LogP contribution >= 0.6 is 0 Å². The van der Waals surface area contributed by atoms with Gasteiger partial charge < -0.3 is 5.32 Å². The van der Waals surface area contributed by atoms with Gasteiger partial charge in [-0.25, -0.2) is 9.97 Å². The van der Waals surface area contributed by atoms with Gasteiger partial charge in [-0.05, 0) is 55.3 Å². The molecule has 1 unspecified atom stereocenters. The molecule has 1 N–H and O–H groups in total. The maximum absolute atomic E-state index is 4.98. The molecule has 0 spiro atoms. The molecule has 1 aromatic carbocycles. The lowest BCUT2D eigenvalue weighted by molar-refractivity contribution is 0.196. The van der Waals surface area contributed by atoms with Crippen LogP contribution in [0.3, 0.4) is 0 Å². The Bertz CT molecular complexity index is 1130. The number of piperidine rings is 1. The third-order valence-electron chi connectivity index (χ3n) is 5.75. The smallest absolute Gasteiger partial charge is 0.135 e. The number of hydrogen-bond acceptors (Lipinski definition) is 6. The fraction of sp³-hybridized carbons (Fsp3) is 0.231. The molecule has 0 radical (unpaired) electrons. The molecule has 3 aromatic heterocycles. The third kappa shape index (κ3) is 4.98. The summed E-state index contributed by atoms with van der Waals surface area (Å²) in [5, 5.41) is 3.45. The van der Waals surface area contributed by atoms with Crippen molar-refractivity contribution >= 4 is 11.5 Å². The van der Waals surface area contributed by atoms with Gasteiger partial charge in [-0.2, -0.15) is 0 Å². The zero-order valence-electron chi connectivity index (χ0n) is 17.9. The van der Waals surface area contributed by atoms with E-state index in [4.69, 9.17) is 9.97 Å². The average Bonchev–Trinajstić information content (AvgIpc) is 2.86. The van der Waals surface area contributed by atoms with Gasteiger partial charge in [0, 0.05) is 61.1 Å². The predicted octanol–water partition coefficient (Wildman–Crippen LogP) is 5.06. The highest BCUT2D eigenvalue weighted by molar-refractivity contribution is 5.65. The maximum Gasteiger partial charge on any atom is 0.135 e. The number of para-hydroxylation sites is 1. The van der Waals surface area contributed by atoms with Crippen molar-refractivity contribution < 1.29 is 0 Å². The molecule has 1 fully saturated rings. The van der Waals surface area contributed by atoms with E-state index in [2.05, 4.69) is 26.3 Å². The fourth-order valence-electron chi connectivity index (χ4n) is 4.20. The summed E-state index contributed by atoms with van der Waals surface area (Å²) in [5.74, 6) is 1.98. The molecule has 1 saturated heterocycles. The van der Waals surface area contributed by atoms with E-state index in [-0.39, 0.29) is 5.92 Å². The van der Waals surface area contributed by atoms with Crippen LogP contribution in [-0.4, -0.2) is 37.9 Å². The van der Waals surface area contributed by atoms with E-state index in [1.807, 2.05) is 73.2 Å². The summed E-state index contributed by atoms with van der Waals surface area (Å²) in [5.41, 5.74) is 4.14. The van der Waals surface area contributed by atoms with Gasteiger partial charge in [0.25, 0.3) is 0 Å². The van der Waals surface area contributed by atoms with Crippen LogP contribution in [-0.2, 0) is 6.54 Å². The van der Waals surface area contributed by atoms with Crippen molar-refractivity contribution in [2.24, 2.45) is 0 Å². The van der Waals surface area contributed by atoms with Crippen LogP contribution in [0.15, 0.2) is 85.5 Å². The quantitative estimate of drug-likeness (QED) is 0.469. The van der Waals surface area contributed by atoms with Gasteiger partial charge in [-0.1, -0.05) is 24.3 Å². The second kappa shape index (κ2) is 9.66. The minimum Gasteiger partial charge on any atom is -0.340 e. The summed E-state index contributed by atoms with van der Waals surface area (Å²) in [7, 11) is 0. The van der Waals surface area contributed by atoms with E-state index in [1.165, 1.54) is 5.56 Å². The maximum atomic E-state index is 4.98. The molecule has 6 heteroatoms. The van der Waals surface area contributed by atoms with Crippen molar-refractivity contribution in [1.82, 2.24) is 24.8 Å². The van der Waals surface area contributed by atoms with Crippen LogP contribution in [0.4, 0.5) is 11.5 Å². The summed E-state index contributed by atoms with van der Waals surface area (Å²) < 4.78 is 0. The first-order valence-electron chi connectivity index (χ1n) is 11.1. The first-order chi connectivity index (χ1) is 15.8. The highest BCUT2D eigenvalue weighted by Gasteiger charge is 2.24. The predicted molar refractivity (Wildman–Crippen MR) is 126 cm³/mol. The van der Waals surface area contributed by atoms with Gasteiger partial charge in [0.05, 0.1) is 5.69 Å². The Morgan fingerprint density at radius 2 is 1.75 bits per heavy atom. The van der Waals surface area contributed by atoms with Gasteiger partial charge in [0.2, 0.25) is 0 Å². The standard InChI is InChI=1S/C26H26N6/c1-2-10-23(11-3-1)29-25-15-24(21-8-5-13-28-17-21)30-26(31-25)22-9-6-14-32(19-22)18-20-7-4-12-27-16-20/h1-5,7-8,10-13,15-17,22H,6,9,14,18-19H2,(H,29,30,31). The molecule has 4 heterocycles. The Labute approximate surface area is 188 Å². The second-order valence-electron chi connectivity index (χ2n) is 8.16. The fourth-order valence-corrected chi connectivity index (χ4v) is 4.20. The SMILES string of the molecule is c1ccc(Nc2cc(-c3cccnc3)nc(C3CCCN(Cc4cccnc4)C3)n2)cc1.